The summed E-state index contributed by atoms with van der Waals surface area (Å²) in [5.41, 5.74) is 2.72. The van der Waals surface area contributed by atoms with Crippen molar-refractivity contribution in [1.29, 1.82) is 0 Å². The van der Waals surface area contributed by atoms with Crippen LogP contribution in [0.4, 0.5) is 4.39 Å². The lowest BCUT2D eigenvalue weighted by molar-refractivity contribution is -0.133. The van der Waals surface area contributed by atoms with Crippen molar-refractivity contribution in [1.82, 2.24) is 5.48 Å². The van der Waals surface area contributed by atoms with E-state index in [-0.39, 0.29) is 17.6 Å². The molecule has 1 atom stereocenters. The smallest absolute Gasteiger partial charge is 0.246 e. The Morgan fingerprint density at radius 3 is 2.35 bits per heavy atom. The summed E-state index contributed by atoms with van der Waals surface area (Å²) in [6.07, 6.45) is 4.12. The van der Waals surface area contributed by atoms with Gasteiger partial charge in [-0.1, -0.05) is 31.9 Å². The molecule has 0 aliphatic rings. The van der Waals surface area contributed by atoms with Gasteiger partial charge in [0.2, 0.25) is 5.91 Å². The van der Waals surface area contributed by atoms with Crippen LogP contribution >= 0.6 is 0 Å². The number of unbranched alkanes of at least 4 members (excludes halogenated alkanes) is 1. The molecule has 4 nitrogen and oxygen atoms in total. The van der Waals surface area contributed by atoms with Gasteiger partial charge >= 0.3 is 0 Å². The predicted octanol–water partition coefficient (Wildman–Crippen LogP) is 2.68. The minimum absolute atomic E-state index is 0.181. The highest BCUT2D eigenvalue weighted by Gasteiger charge is 2.17. The summed E-state index contributed by atoms with van der Waals surface area (Å²) in [5, 5.41) is 15.7. The molecule has 0 fully saturated rings. The molecule has 1 amide bonds. The summed E-state index contributed by atoms with van der Waals surface area (Å²) in [5.74, 6) is -0.764. The van der Waals surface area contributed by atoms with Gasteiger partial charge in [0.05, 0.1) is 0 Å². The summed E-state index contributed by atoms with van der Waals surface area (Å²) in [6, 6.07) is 6.29. The third-order valence-corrected chi connectivity index (χ3v) is 3.08. The van der Waals surface area contributed by atoms with E-state index in [0.717, 1.165) is 31.9 Å². The van der Waals surface area contributed by atoms with Gasteiger partial charge in [-0.2, -0.15) is 0 Å². The molecular formula is C15H24FNO3. The van der Waals surface area contributed by atoms with E-state index in [9.17, 15) is 9.18 Å². The molecule has 20 heavy (non-hydrogen) atoms. The Morgan fingerprint density at radius 1 is 1.25 bits per heavy atom. The van der Waals surface area contributed by atoms with Gasteiger partial charge in [-0.15, -0.1) is 0 Å². The van der Waals surface area contributed by atoms with Gasteiger partial charge in [0, 0.05) is 13.0 Å². The standard InChI is InChI=1S/C14H20FNO2.CH4O/c1-2-3-4-12(14(17)16-18)8-5-11-6-9-13(15)10-7-11;1-2/h6-7,9-10,12,18H,2-5,8H2,1H3,(H,16,17);2H,1H3. The van der Waals surface area contributed by atoms with E-state index in [2.05, 4.69) is 6.92 Å². The number of halogens is 1. The average molecular weight is 285 g/mol. The van der Waals surface area contributed by atoms with Crippen molar-refractivity contribution in [2.24, 2.45) is 5.92 Å². The lowest BCUT2D eigenvalue weighted by Gasteiger charge is -2.14. The zero-order valence-corrected chi connectivity index (χ0v) is 12.1. The van der Waals surface area contributed by atoms with Gasteiger partial charge in [-0.3, -0.25) is 10.0 Å². The van der Waals surface area contributed by atoms with E-state index in [0.29, 0.717) is 12.8 Å². The number of benzene rings is 1. The van der Waals surface area contributed by atoms with Crippen LogP contribution < -0.4 is 5.48 Å². The molecule has 1 aromatic rings. The lowest BCUT2D eigenvalue weighted by Crippen LogP contribution is -2.28. The highest BCUT2D eigenvalue weighted by Crippen LogP contribution is 2.16. The van der Waals surface area contributed by atoms with Gasteiger partial charge in [0.1, 0.15) is 5.82 Å². The Hall–Kier alpha value is -1.46. The minimum Gasteiger partial charge on any atom is -0.400 e. The maximum atomic E-state index is 12.7. The van der Waals surface area contributed by atoms with Crippen molar-refractivity contribution in [2.45, 2.75) is 39.0 Å². The van der Waals surface area contributed by atoms with Crippen LogP contribution in [0.15, 0.2) is 24.3 Å². The summed E-state index contributed by atoms with van der Waals surface area (Å²) in [6.45, 7) is 2.06. The summed E-state index contributed by atoms with van der Waals surface area (Å²) < 4.78 is 12.7. The maximum Gasteiger partial charge on any atom is 0.246 e. The van der Waals surface area contributed by atoms with Crippen molar-refractivity contribution >= 4 is 5.91 Å². The third-order valence-electron chi connectivity index (χ3n) is 3.08. The van der Waals surface area contributed by atoms with Crippen molar-refractivity contribution in [3.05, 3.63) is 35.6 Å². The molecule has 114 valence electrons. The van der Waals surface area contributed by atoms with E-state index >= 15 is 0 Å². The number of rotatable bonds is 7. The number of hydroxylamine groups is 1. The van der Waals surface area contributed by atoms with Crippen LogP contribution in [0.25, 0.3) is 0 Å². The normalized spacial score (nSPS) is 11.2. The largest absolute Gasteiger partial charge is 0.400 e. The monoisotopic (exact) mass is 285 g/mol. The number of nitrogens with one attached hydrogen (secondary N) is 1. The second kappa shape index (κ2) is 11.4. The third kappa shape index (κ3) is 7.21. The van der Waals surface area contributed by atoms with Crippen LogP contribution in [-0.4, -0.2) is 23.3 Å². The van der Waals surface area contributed by atoms with Crippen molar-refractivity contribution < 1.29 is 19.5 Å². The first-order chi connectivity index (χ1) is 9.67. The zero-order valence-electron chi connectivity index (χ0n) is 12.1. The number of aliphatic hydroxyl groups is 1. The van der Waals surface area contributed by atoms with Crippen LogP contribution in [0.1, 0.15) is 38.2 Å². The summed E-state index contributed by atoms with van der Waals surface area (Å²) in [7, 11) is 1.00. The number of hydrogen-bond acceptors (Lipinski definition) is 3. The molecule has 1 unspecified atom stereocenters. The molecule has 0 aromatic heterocycles. The molecule has 0 heterocycles. The lowest BCUT2D eigenvalue weighted by atomic mass is 9.94. The maximum absolute atomic E-state index is 12.7. The van der Waals surface area contributed by atoms with Crippen LogP contribution in [0.5, 0.6) is 0 Å². The Morgan fingerprint density at radius 2 is 1.85 bits per heavy atom. The first kappa shape index (κ1) is 18.5. The fourth-order valence-electron chi connectivity index (χ4n) is 1.94. The van der Waals surface area contributed by atoms with Gasteiger partial charge in [-0.25, -0.2) is 9.87 Å². The molecule has 0 saturated carbocycles. The van der Waals surface area contributed by atoms with Crippen LogP contribution in [0.3, 0.4) is 0 Å². The molecule has 1 aromatic carbocycles. The fraction of sp³-hybridized carbons (Fsp3) is 0.533. The molecule has 1 rings (SSSR count). The SMILES string of the molecule is CCCCC(CCc1ccc(F)cc1)C(=O)NO.CO. The Labute approximate surface area is 119 Å². The number of aliphatic hydroxyl groups excluding tert-OH is 1. The Kier molecular flexibility index (Phi) is 10.5. The molecule has 0 aliphatic heterocycles. The molecule has 0 saturated heterocycles. The predicted molar refractivity (Wildman–Crippen MR) is 75.8 cm³/mol. The molecule has 0 spiro atoms. The van der Waals surface area contributed by atoms with Gasteiger partial charge in [0.15, 0.2) is 0 Å². The first-order valence-electron chi connectivity index (χ1n) is 6.80. The molecule has 5 heteroatoms. The van der Waals surface area contributed by atoms with Crippen LogP contribution in [0, 0.1) is 11.7 Å². The van der Waals surface area contributed by atoms with Gasteiger partial charge in [-0.05, 0) is 37.0 Å². The van der Waals surface area contributed by atoms with Crippen LogP contribution in [-0.2, 0) is 11.2 Å². The number of carbonyl (C=O) groups excluding carboxylic acids is 1. The van der Waals surface area contributed by atoms with Gasteiger partial charge < -0.3 is 5.11 Å². The average Bonchev–Trinajstić information content (AvgIpc) is 2.50. The van der Waals surface area contributed by atoms with E-state index in [4.69, 9.17) is 10.3 Å². The van der Waals surface area contributed by atoms with E-state index < -0.39 is 0 Å². The summed E-state index contributed by atoms with van der Waals surface area (Å²) >= 11 is 0. The Balaban J connectivity index is 0.00000172. The Bertz CT molecular complexity index is 368. The van der Waals surface area contributed by atoms with Crippen LogP contribution in [0.2, 0.25) is 0 Å². The number of amides is 1. The second-order valence-corrected chi connectivity index (χ2v) is 4.48. The molecule has 0 aliphatic carbocycles. The quantitative estimate of drug-likeness (QED) is 0.533. The fourth-order valence-corrected chi connectivity index (χ4v) is 1.94. The van der Waals surface area contributed by atoms with Crippen molar-refractivity contribution in [2.75, 3.05) is 7.11 Å². The minimum atomic E-state index is -0.328. The zero-order chi connectivity index (χ0) is 15.4. The summed E-state index contributed by atoms with van der Waals surface area (Å²) in [4.78, 5) is 11.5. The highest BCUT2D eigenvalue weighted by atomic mass is 19.1. The van der Waals surface area contributed by atoms with Gasteiger partial charge in [0.25, 0.3) is 0 Å². The number of carbonyl (C=O) groups is 1. The highest BCUT2D eigenvalue weighted by molar-refractivity contribution is 5.77. The van der Waals surface area contributed by atoms with Crippen molar-refractivity contribution in [3.8, 4) is 0 Å². The number of aryl methyl sites for hydroxylation is 1. The molecule has 0 bridgehead atoms. The first-order valence-corrected chi connectivity index (χ1v) is 6.80. The van der Waals surface area contributed by atoms with E-state index in [1.165, 1.54) is 12.1 Å². The van der Waals surface area contributed by atoms with Crippen molar-refractivity contribution in [3.63, 3.8) is 0 Å². The molecular weight excluding hydrogens is 261 g/mol. The molecule has 3 N–H and O–H groups in total. The second-order valence-electron chi connectivity index (χ2n) is 4.48. The topological polar surface area (TPSA) is 69.6 Å². The number of hydrogen-bond donors (Lipinski definition) is 3. The van der Waals surface area contributed by atoms with E-state index in [1.54, 1.807) is 17.6 Å². The molecule has 0 radical (unpaired) electrons. The van der Waals surface area contributed by atoms with E-state index in [1.807, 2.05) is 0 Å².